The number of hydrogen-bond donors (Lipinski definition) is 0. The quantitative estimate of drug-likeness (QED) is 0.788. The molecule has 1 aliphatic rings. The van der Waals surface area contributed by atoms with E-state index in [0.29, 0.717) is 6.04 Å². The molecule has 0 amide bonds. The Morgan fingerprint density at radius 3 is 2.60 bits per heavy atom. The van der Waals surface area contributed by atoms with Crippen LogP contribution in [0.15, 0.2) is 48.5 Å². The number of aryl methyl sites for hydroxylation is 2. The van der Waals surface area contributed by atoms with E-state index < -0.39 is 0 Å². The Kier molecular flexibility index (Phi) is 3.88. The van der Waals surface area contributed by atoms with Crippen LogP contribution in [0.2, 0.25) is 0 Å². The van der Waals surface area contributed by atoms with Crippen LogP contribution in [-0.4, -0.2) is 18.5 Å². The van der Waals surface area contributed by atoms with Gasteiger partial charge in [-0.1, -0.05) is 54.1 Å². The SMILES string of the molecule is Cc1ccc(CC2c3ccccc3CCCN2C)cc1. The maximum Gasteiger partial charge on any atom is 0.0388 e. The third-order valence-corrected chi connectivity index (χ3v) is 4.45. The van der Waals surface area contributed by atoms with E-state index >= 15 is 0 Å². The third-order valence-electron chi connectivity index (χ3n) is 4.45. The molecule has 0 saturated heterocycles. The summed E-state index contributed by atoms with van der Waals surface area (Å²) in [5.41, 5.74) is 5.83. The van der Waals surface area contributed by atoms with Gasteiger partial charge in [-0.25, -0.2) is 0 Å². The van der Waals surface area contributed by atoms with E-state index in [9.17, 15) is 0 Å². The van der Waals surface area contributed by atoms with E-state index in [1.54, 1.807) is 0 Å². The highest BCUT2D eigenvalue weighted by atomic mass is 15.1. The molecule has 20 heavy (non-hydrogen) atoms. The van der Waals surface area contributed by atoms with Crippen LogP contribution in [0.3, 0.4) is 0 Å². The molecular weight excluding hydrogens is 242 g/mol. The lowest BCUT2D eigenvalue weighted by molar-refractivity contribution is 0.249. The highest BCUT2D eigenvalue weighted by Gasteiger charge is 2.22. The molecule has 0 aliphatic carbocycles. The van der Waals surface area contributed by atoms with Crippen molar-refractivity contribution < 1.29 is 0 Å². The average Bonchev–Trinajstić information content (AvgIpc) is 2.62. The number of rotatable bonds is 2. The second-order valence-corrected chi connectivity index (χ2v) is 5.99. The van der Waals surface area contributed by atoms with Gasteiger partial charge < -0.3 is 0 Å². The largest absolute Gasteiger partial charge is 0.299 e. The molecule has 0 radical (unpaired) electrons. The van der Waals surface area contributed by atoms with E-state index in [1.807, 2.05) is 0 Å². The zero-order valence-corrected chi connectivity index (χ0v) is 12.5. The van der Waals surface area contributed by atoms with Crippen LogP contribution < -0.4 is 0 Å². The summed E-state index contributed by atoms with van der Waals surface area (Å²) in [4.78, 5) is 2.52. The van der Waals surface area contributed by atoms with Crippen LogP contribution in [0.5, 0.6) is 0 Å². The smallest absolute Gasteiger partial charge is 0.0388 e. The average molecular weight is 265 g/mol. The van der Waals surface area contributed by atoms with Gasteiger partial charge in [-0.3, -0.25) is 4.90 Å². The number of nitrogens with zero attached hydrogens (tertiary/aromatic N) is 1. The molecule has 3 rings (SSSR count). The van der Waals surface area contributed by atoms with Gasteiger partial charge in [-0.15, -0.1) is 0 Å². The van der Waals surface area contributed by atoms with Crippen molar-refractivity contribution in [2.75, 3.05) is 13.6 Å². The van der Waals surface area contributed by atoms with Crippen LogP contribution in [-0.2, 0) is 12.8 Å². The van der Waals surface area contributed by atoms with Crippen LogP contribution in [0.1, 0.15) is 34.7 Å². The Labute approximate surface area is 122 Å². The predicted molar refractivity (Wildman–Crippen MR) is 85.0 cm³/mol. The van der Waals surface area contributed by atoms with Crippen LogP contribution in [0, 0.1) is 6.92 Å². The van der Waals surface area contributed by atoms with Crippen molar-refractivity contribution in [1.29, 1.82) is 0 Å². The van der Waals surface area contributed by atoms with Crippen LogP contribution in [0.25, 0.3) is 0 Å². The van der Waals surface area contributed by atoms with Gasteiger partial charge in [0.1, 0.15) is 0 Å². The summed E-state index contributed by atoms with van der Waals surface area (Å²) in [7, 11) is 2.26. The number of hydrogen-bond acceptors (Lipinski definition) is 1. The van der Waals surface area contributed by atoms with Crippen LogP contribution >= 0.6 is 0 Å². The summed E-state index contributed by atoms with van der Waals surface area (Å²) >= 11 is 0. The van der Waals surface area contributed by atoms with Gasteiger partial charge in [0, 0.05) is 6.04 Å². The fourth-order valence-electron chi connectivity index (χ4n) is 3.21. The topological polar surface area (TPSA) is 3.24 Å². The van der Waals surface area contributed by atoms with E-state index in [-0.39, 0.29) is 0 Å². The van der Waals surface area contributed by atoms with Crippen molar-refractivity contribution in [3.05, 3.63) is 70.8 Å². The van der Waals surface area contributed by atoms with E-state index in [4.69, 9.17) is 0 Å². The third kappa shape index (κ3) is 2.78. The molecule has 0 N–H and O–H groups in total. The second kappa shape index (κ2) is 5.80. The van der Waals surface area contributed by atoms with E-state index in [2.05, 4.69) is 67.4 Å². The van der Waals surface area contributed by atoms with Gasteiger partial charge in [0.15, 0.2) is 0 Å². The lowest BCUT2D eigenvalue weighted by atomic mass is 9.93. The minimum atomic E-state index is 0.511. The Balaban J connectivity index is 1.91. The number of benzene rings is 2. The predicted octanol–water partition coefficient (Wildman–Crippen LogP) is 4.16. The maximum absolute atomic E-state index is 2.52. The van der Waals surface area contributed by atoms with Crippen molar-refractivity contribution in [3.8, 4) is 0 Å². The summed E-state index contributed by atoms with van der Waals surface area (Å²) in [6, 6.07) is 18.5. The van der Waals surface area contributed by atoms with Crippen molar-refractivity contribution >= 4 is 0 Å². The molecule has 1 atom stereocenters. The molecule has 0 saturated carbocycles. The molecule has 1 heteroatoms. The lowest BCUT2D eigenvalue weighted by Gasteiger charge is -2.27. The van der Waals surface area contributed by atoms with Crippen LogP contribution in [0.4, 0.5) is 0 Å². The van der Waals surface area contributed by atoms with Gasteiger partial charge in [-0.2, -0.15) is 0 Å². The molecule has 1 aliphatic heterocycles. The molecule has 2 aromatic rings. The minimum Gasteiger partial charge on any atom is -0.299 e. The first-order chi connectivity index (χ1) is 9.74. The highest BCUT2D eigenvalue weighted by molar-refractivity contribution is 5.33. The zero-order valence-electron chi connectivity index (χ0n) is 12.5. The number of likely N-dealkylation sites (N-methyl/N-ethyl adjacent to an activating group) is 1. The first-order valence-corrected chi connectivity index (χ1v) is 7.57. The maximum atomic E-state index is 2.52. The fraction of sp³-hybridized carbons (Fsp3) is 0.368. The Morgan fingerprint density at radius 1 is 1.05 bits per heavy atom. The first kappa shape index (κ1) is 13.4. The lowest BCUT2D eigenvalue weighted by Crippen LogP contribution is -2.26. The molecular formula is C19H23N. The Morgan fingerprint density at radius 2 is 1.80 bits per heavy atom. The van der Waals surface area contributed by atoms with Crippen molar-refractivity contribution in [2.45, 2.75) is 32.2 Å². The van der Waals surface area contributed by atoms with Crippen molar-refractivity contribution in [2.24, 2.45) is 0 Å². The zero-order chi connectivity index (χ0) is 13.9. The van der Waals surface area contributed by atoms with Gasteiger partial charge >= 0.3 is 0 Å². The molecule has 1 heterocycles. The van der Waals surface area contributed by atoms with Gasteiger partial charge in [-0.05, 0) is 56.5 Å². The summed E-state index contributed by atoms with van der Waals surface area (Å²) in [5, 5.41) is 0. The normalized spacial score (nSPS) is 19.4. The first-order valence-electron chi connectivity index (χ1n) is 7.57. The molecule has 1 unspecified atom stereocenters. The monoisotopic (exact) mass is 265 g/mol. The summed E-state index contributed by atoms with van der Waals surface area (Å²) in [6.45, 7) is 3.34. The standard InChI is InChI=1S/C19H23N/c1-15-9-11-16(12-10-15)14-19-18-8-4-3-6-17(18)7-5-13-20(19)2/h3-4,6,8-12,19H,5,7,13-14H2,1-2H3. The van der Waals surface area contributed by atoms with Gasteiger partial charge in [0.05, 0.1) is 0 Å². The summed E-state index contributed by atoms with van der Waals surface area (Å²) in [6.07, 6.45) is 3.58. The molecule has 0 spiro atoms. The Hall–Kier alpha value is -1.60. The molecule has 0 fully saturated rings. The van der Waals surface area contributed by atoms with Gasteiger partial charge in [0.2, 0.25) is 0 Å². The van der Waals surface area contributed by atoms with E-state index in [1.165, 1.54) is 41.6 Å². The Bertz CT molecular complexity index is 571. The number of fused-ring (bicyclic) bond motifs is 1. The molecule has 0 aromatic heterocycles. The summed E-state index contributed by atoms with van der Waals surface area (Å²) in [5.74, 6) is 0. The molecule has 0 bridgehead atoms. The highest BCUT2D eigenvalue weighted by Crippen LogP contribution is 2.30. The fourth-order valence-corrected chi connectivity index (χ4v) is 3.21. The van der Waals surface area contributed by atoms with Crippen molar-refractivity contribution in [3.63, 3.8) is 0 Å². The van der Waals surface area contributed by atoms with Crippen molar-refractivity contribution in [1.82, 2.24) is 4.90 Å². The minimum absolute atomic E-state index is 0.511. The molecule has 104 valence electrons. The second-order valence-electron chi connectivity index (χ2n) is 5.99. The molecule has 2 aromatic carbocycles. The van der Waals surface area contributed by atoms with Gasteiger partial charge in [0.25, 0.3) is 0 Å². The molecule has 1 nitrogen and oxygen atoms in total. The van der Waals surface area contributed by atoms with E-state index in [0.717, 1.165) is 6.42 Å². The summed E-state index contributed by atoms with van der Waals surface area (Å²) < 4.78 is 0.